The number of carbonyl (C=O) groups excluding carboxylic acids is 1. The maximum atomic E-state index is 12.0. The van der Waals surface area contributed by atoms with E-state index in [4.69, 9.17) is 5.73 Å². The molecule has 108 valence electrons. The second-order valence-electron chi connectivity index (χ2n) is 6.13. The number of amides is 1. The summed E-state index contributed by atoms with van der Waals surface area (Å²) in [6.07, 6.45) is 6.77. The molecule has 2 saturated carbocycles. The van der Waals surface area contributed by atoms with E-state index < -0.39 is 11.4 Å². The molecule has 4 N–H and O–H groups in total. The van der Waals surface area contributed by atoms with Crippen LogP contribution >= 0.6 is 0 Å². The minimum Gasteiger partial charge on any atom is -0.481 e. The summed E-state index contributed by atoms with van der Waals surface area (Å²) in [6.45, 7) is 0.271. The largest absolute Gasteiger partial charge is 0.481 e. The van der Waals surface area contributed by atoms with E-state index in [9.17, 15) is 14.7 Å². The van der Waals surface area contributed by atoms with E-state index in [0.29, 0.717) is 12.8 Å². The lowest BCUT2D eigenvalue weighted by molar-refractivity contribution is -0.151. The lowest BCUT2D eigenvalue weighted by atomic mass is 9.74. The number of carboxylic acid groups (broad SMARTS) is 1. The summed E-state index contributed by atoms with van der Waals surface area (Å²) in [4.78, 5) is 23.5. The molecular weight excluding hydrogens is 244 g/mol. The summed E-state index contributed by atoms with van der Waals surface area (Å²) < 4.78 is 0. The summed E-state index contributed by atoms with van der Waals surface area (Å²) in [6, 6.07) is 0.124. The maximum absolute atomic E-state index is 12.0. The van der Waals surface area contributed by atoms with Crippen LogP contribution in [-0.4, -0.2) is 29.6 Å². The number of carbonyl (C=O) groups is 2. The molecule has 0 radical (unpaired) electrons. The number of nitrogens with two attached hydrogens (primary N) is 1. The highest BCUT2D eigenvalue weighted by Gasteiger charge is 2.40. The van der Waals surface area contributed by atoms with Gasteiger partial charge in [0.15, 0.2) is 0 Å². The quantitative estimate of drug-likeness (QED) is 0.715. The van der Waals surface area contributed by atoms with Crippen molar-refractivity contribution >= 4 is 11.9 Å². The molecule has 0 heterocycles. The van der Waals surface area contributed by atoms with Gasteiger partial charge in [-0.15, -0.1) is 0 Å². The zero-order valence-electron chi connectivity index (χ0n) is 11.4. The van der Waals surface area contributed by atoms with Crippen LogP contribution in [0.1, 0.15) is 51.4 Å². The number of rotatable bonds is 4. The average molecular weight is 268 g/mol. The minimum absolute atomic E-state index is 0.0147. The van der Waals surface area contributed by atoms with Gasteiger partial charge in [0, 0.05) is 18.5 Å². The molecule has 2 unspecified atom stereocenters. The molecule has 0 aromatic heterocycles. The Morgan fingerprint density at radius 2 is 1.89 bits per heavy atom. The Balaban J connectivity index is 1.88. The first-order valence-corrected chi connectivity index (χ1v) is 7.30. The molecule has 0 bridgehead atoms. The Labute approximate surface area is 113 Å². The summed E-state index contributed by atoms with van der Waals surface area (Å²) in [5, 5.41) is 12.3. The van der Waals surface area contributed by atoms with Gasteiger partial charge in [-0.1, -0.05) is 19.3 Å². The van der Waals surface area contributed by atoms with Gasteiger partial charge in [0.1, 0.15) is 0 Å². The normalized spacial score (nSPS) is 29.9. The van der Waals surface area contributed by atoms with Crippen molar-refractivity contribution in [2.24, 2.45) is 17.1 Å². The number of nitrogens with one attached hydrogen (secondary N) is 1. The number of aliphatic carboxylic acids is 1. The molecule has 2 rings (SSSR count). The van der Waals surface area contributed by atoms with Crippen LogP contribution in [-0.2, 0) is 9.59 Å². The van der Waals surface area contributed by atoms with E-state index in [1.807, 2.05) is 0 Å². The first kappa shape index (κ1) is 14.3. The van der Waals surface area contributed by atoms with E-state index in [-0.39, 0.29) is 24.4 Å². The lowest BCUT2D eigenvalue weighted by Crippen LogP contribution is -2.45. The van der Waals surface area contributed by atoms with Gasteiger partial charge in [0.2, 0.25) is 5.91 Å². The Hall–Kier alpha value is -1.10. The minimum atomic E-state index is -0.768. The monoisotopic (exact) mass is 268 g/mol. The summed E-state index contributed by atoms with van der Waals surface area (Å²) >= 11 is 0. The first-order chi connectivity index (χ1) is 9.03. The Bertz CT molecular complexity index is 351. The third kappa shape index (κ3) is 3.26. The number of carboxylic acids is 1. The third-order valence-electron chi connectivity index (χ3n) is 4.71. The highest BCUT2D eigenvalue weighted by Crippen LogP contribution is 2.36. The standard InChI is InChI=1S/C14H24N2O3/c15-11-5-4-10(8-11)12(17)16-9-14(13(18)19)6-2-1-3-7-14/h10-11H,1-9,15H2,(H,16,17)(H,18,19). The molecule has 2 fully saturated rings. The van der Waals surface area contributed by atoms with Crippen molar-refractivity contribution in [3.05, 3.63) is 0 Å². The van der Waals surface area contributed by atoms with Gasteiger partial charge in [-0.2, -0.15) is 0 Å². The van der Waals surface area contributed by atoms with Crippen molar-refractivity contribution in [1.29, 1.82) is 0 Å². The Morgan fingerprint density at radius 3 is 2.42 bits per heavy atom. The fraction of sp³-hybridized carbons (Fsp3) is 0.857. The van der Waals surface area contributed by atoms with Crippen molar-refractivity contribution in [3.63, 3.8) is 0 Å². The molecule has 0 saturated heterocycles. The summed E-state index contributed by atoms with van der Waals surface area (Å²) in [5.74, 6) is -0.806. The molecule has 19 heavy (non-hydrogen) atoms. The number of hydrogen-bond donors (Lipinski definition) is 3. The fourth-order valence-electron chi connectivity index (χ4n) is 3.35. The first-order valence-electron chi connectivity index (χ1n) is 7.30. The second-order valence-corrected chi connectivity index (χ2v) is 6.13. The summed E-state index contributed by atoms with van der Waals surface area (Å²) in [5.41, 5.74) is 5.06. The molecule has 2 aliphatic carbocycles. The molecule has 1 amide bonds. The smallest absolute Gasteiger partial charge is 0.311 e. The molecule has 5 heteroatoms. The van der Waals surface area contributed by atoms with E-state index in [1.54, 1.807) is 0 Å². The van der Waals surface area contributed by atoms with Crippen LogP contribution in [0.25, 0.3) is 0 Å². The van der Waals surface area contributed by atoms with Crippen molar-refractivity contribution in [2.45, 2.75) is 57.4 Å². The molecule has 0 aromatic rings. The second kappa shape index (κ2) is 5.90. The third-order valence-corrected chi connectivity index (χ3v) is 4.71. The van der Waals surface area contributed by atoms with Crippen molar-refractivity contribution < 1.29 is 14.7 Å². The van der Waals surface area contributed by atoms with Gasteiger partial charge in [-0.3, -0.25) is 9.59 Å². The van der Waals surface area contributed by atoms with E-state index in [0.717, 1.165) is 38.5 Å². The molecule has 2 aliphatic rings. The maximum Gasteiger partial charge on any atom is 0.311 e. The van der Waals surface area contributed by atoms with Crippen LogP contribution in [0, 0.1) is 11.3 Å². The van der Waals surface area contributed by atoms with Crippen molar-refractivity contribution in [1.82, 2.24) is 5.32 Å². The van der Waals surface area contributed by atoms with Gasteiger partial charge in [0.25, 0.3) is 0 Å². The summed E-state index contributed by atoms with van der Waals surface area (Å²) in [7, 11) is 0. The van der Waals surface area contributed by atoms with E-state index in [2.05, 4.69) is 5.32 Å². The molecule has 0 aliphatic heterocycles. The van der Waals surface area contributed by atoms with Crippen LogP contribution in [0.5, 0.6) is 0 Å². The average Bonchev–Trinajstić information content (AvgIpc) is 2.83. The predicted octanol–water partition coefficient (Wildman–Crippen LogP) is 1.27. The SMILES string of the molecule is NC1CCC(C(=O)NCC2(C(=O)O)CCCCC2)C1. The Morgan fingerprint density at radius 1 is 1.21 bits per heavy atom. The van der Waals surface area contributed by atoms with Gasteiger partial charge < -0.3 is 16.2 Å². The van der Waals surface area contributed by atoms with Crippen molar-refractivity contribution in [3.8, 4) is 0 Å². The highest BCUT2D eigenvalue weighted by molar-refractivity contribution is 5.81. The Kier molecular flexibility index (Phi) is 4.45. The lowest BCUT2D eigenvalue weighted by Gasteiger charge is -2.33. The predicted molar refractivity (Wildman–Crippen MR) is 71.5 cm³/mol. The van der Waals surface area contributed by atoms with Gasteiger partial charge in [-0.05, 0) is 32.1 Å². The molecule has 0 aromatic carbocycles. The topological polar surface area (TPSA) is 92.4 Å². The number of hydrogen-bond acceptors (Lipinski definition) is 3. The molecular formula is C14H24N2O3. The van der Waals surface area contributed by atoms with Crippen molar-refractivity contribution in [2.75, 3.05) is 6.54 Å². The molecule has 0 spiro atoms. The molecule has 5 nitrogen and oxygen atoms in total. The zero-order valence-corrected chi connectivity index (χ0v) is 11.4. The highest BCUT2D eigenvalue weighted by atomic mass is 16.4. The van der Waals surface area contributed by atoms with E-state index in [1.165, 1.54) is 0 Å². The van der Waals surface area contributed by atoms with Crippen LogP contribution in [0.15, 0.2) is 0 Å². The molecule has 2 atom stereocenters. The van der Waals surface area contributed by atoms with Gasteiger partial charge in [0.05, 0.1) is 5.41 Å². The van der Waals surface area contributed by atoms with Crippen LogP contribution in [0.4, 0.5) is 0 Å². The van der Waals surface area contributed by atoms with Gasteiger partial charge in [-0.25, -0.2) is 0 Å². The zero-order chi connectivity index (χ0) is 13.9. The van der Waals surface area contributed by atoms with Crippen LogP contribution in [0.2, 0.25) is 0 Å². The fourth-order valence-corrected chi connectivity index (χ4v) is 3.35. The van der Waals surface area contributed by atoms with Gasteiger partial charge >= 0.3 is 5.97 Å². The van der Waals surface area contributed by atoms with Crippen LogP contribution < -0.4 is 11.1 Å². The van der Waals surface area contributed by atoms with E-state index >= 15 is 0 Å². The van der Waals surface area contributed by atoms with Crippen LogP contribution in [0.3, 0.4) is 0 Å².